The predicted octanol–water partition coefficient (Wildman–Crippen LogP) is 2.83. The van der Waals surface area contributed by atoms with E-state index in [2.05, 4.69) is 19.6 Å². The number of hydrogen-bond acceptors (Lipinski definition) is 3. The number of hydrogen-bond donors (Lipinski definition) is 0. The van der Waals surface area contributed by atoms with Gasteiger partial charge in [-0.1, -0.05) is 38.7 Å². The average molecular weight is 272 g/mol. The second-order valence-electron chi connectivity index (χ2n) is 5.27. The molecule has 0 saturated carbocycles. The summed E-state index contributed by atoms with van der Waals surface area (Å²) < 4.78 is 28.8. The first kappa shape index (κ1) is 14.4. The van der Waals surface area contributed by atoms with Crippen molar-refractivity contribution in [2.75, 3.05) is 6.23 Å². The first-order valence-electron chi connectivity index (χ1n) is 5.73. The van der Waals surface area contributed by atoms with Gasteiger partial charge in [0.15, 0.2) is 0 Å². The lowest BCUT2D eigenvalue weighted by atomic mass is 10.2. The fraction of sp³-hybridized carbons (Fsp3) is 0.500. The largest absolute Gasteiger partial charge is 0.296 e. The molecule has 0 fully saturated rings. The van der Waals surface area contributed by atoms with Gasteiger partial charge in [0.05, 0.1) is 19.2 Å². The molecular formula is C12H20O3SSi. The molecule has 0 aromatic heterocycles. The molecular weight excluding hydrogens is 252 g/mol. The highest BCUT2D eigenvalue weighted by Gasteiger charge is 2.21. The van der Waals surface area contributed by atoms with Gasteiger partial charge in [-0.05, 0) is 24.1 Å². The van der Waals surface area contributed by atoms with E-state index >= 15 is 0 Å². The minimum atomic E-state index is -3.58. The van der Waals surface area contributed by atoms with Crippen LogP contribution in [0.2, 0.25) is 19.6 Å². The molecule has 0 aliphatic rings. The fourth-order valence-electron chi connectivity index (χ4n) is 1.21. The summed E-state index contributed by atoms with van der Waals surface area (Å²) in [7, 11) is -5.10. The molecule has 0 bridgehead atoms. The van der Waals surface area contributed by atoms with E-state index in [1.165, 1.54) is 0 Å². The summed E-state index contributed by atoms with van der Waals surface area (Å²) >= 11 is 0. The highest BCUT2D eigenvalue weighted by atomic mass is 32.2. The summed E-state index contributed by atoms with van der Waals surface area (Å²) in [6.45, 7) is 8.25. The van der Waals surface area contributed by atoms with E-state index in [9.17, 15) is 8.42 Å². The van der Waals surface area contributed by atoms with Crippen molar-refractivity contribution >= 4 is 18.2 Å². The van der Waals surface area contributed by atoms with Gasteiger partial charge in [0.25, 0.3) is 10.1 Å². The predicted molar refractivity (Wildman–Crippen MR) is 72.3 cm³/mol. The van der Waals surface area contributed by atoms with Gasteiger partial charge in [0, 0.05) is 0 Å². The van der Waals surface area contributed by atoms with Crippen molar-refractivity contribution in [3.63, 3.8) is 0 Å². The maximum absolute atomic E-state index is 11.9. The number of rotatable bonds is 5. The van der Waals surface area contributed by atoms with Gasteiger partial charge in [-0.3, -0.25) is 4.18 Å². The molecule has 0 heterocycles. The Morgan fingerprint density at radius 1 is 1.12 bits per heavy atom. The molecule has 17 heavy (non-hydrogen) atoms. The second-order valence-corrected chi connectivity index (χ2v) is 12.3. The van der Waals surface area contributed by atoms with Crippen LogP contribution in [-0.2, 0) is 20.7 Å². The Bertz CT molecular complexity index is 458. The van der Waals surface area contributed by atoms with Crippen LogP contribution in [0.25, 0.3) is 0 Å². The van der Waals surface area contributed by atoms with Crippen molar-refractivity contribution in [1.82, 2.24) is 0 Å². The molecule has 1 aromatic rings. The summed E-state index contributed by atoms with van der Waals surface area (Å²) in [4.78, 5) is 0.243. The molecule has 5 heteroatoms. The molecule has 1 aromatic carbocycles. The van der Waals surface area contributed by atoms with Crippen LogP contribution in [0.4, 0.5) is 0 Å². The van der Waals surface area contributed by atoms with Crippen molar-refractivity contribution in [1.29, 1.82) is 0 Å². The Labute approximate surface area is 105 Å². The molecule has 0 aliphatic heterocycles. The molecule has 1 rings (SSSR count). The minimum Gasteiger partial charge on any atom is -0.270 e. The monoisotopic (exact) mass is 272 g/mol. The van der Waals surface area contributed by atoms with Crippen LogP contribution < -0.4 is 0 Å². The third-order valence-corrected chi connectivity index (χ3v) is 4.76. The van der Waals surface area contributed by atoms with Crippen molar-refractivity contribution in [3.8, 4) is 0 Å². The van der Waals surface area contributed by atoms with Crippen molar-refractivity contribution in [2.45, 2.75) is 37.9 Å². The smallest absolute Gasteiger partial charge is 0.270 e. The maximum atomic E-state index is 11.9. The lowest BCUT2D eigenvalue weighted by Crippen LogP contribution is -2.29. The maximum Gasteiger partial charge on any atom is 0.296 e. The van der Waals surface area contributed by atoms with Crippen molar-refractivity contribution in [3.05, 3.63) is 29.8 Å². The van der Waals surface area contributed by atoms with Gasteiger partial charge in [-0.15, -0.1) is 0 Å². The van der Waals surface area contributed by atoms with Crippen molar-refractivity contribution < 1.29 is 12.6 Å². The lowest BCUT2D eigenvalue weighted by Gasteiger charge is -2.15. The van der Waals surface area contributed by atoms with E-state index in [0.29, 0.717) is 6.23 Å². The molecule has 0 aliphatic carbocycles. The summed E-state index contributed by atoms with van der Waals surface area (Å²) in [5, 5.41) is 0. The van der Waals surface area contributed by atoms with E-state index in [1.54, 1.807) is 12.1 Å². The summed E-state index contributed by atoms with van der Waals surface area (Å²) in [5.74, 6) is 0. The van der Waals surface area contributed by atoms with Crippen LogP contribution in [0, 0.1) is 0 Å². The second kappa shape index (κ2) is 5.33. The minimum absolute atomic E-state index is 0.243. The van der Waals surface area contributed by atoms with Gasteiger partial charge < -0.3 is 0 Å². The van der Waals surface area contributed by atoms with E-state index < -0.39 is 18.2 Å². The highest BCUT2D eigenvalue weighted by Crippen LogP contribution is 2.15. The van der Waals surface area contributed by atoms with Gasteiger partial charge in [0.1, 0.15) is 0 Å². The molecule has 0 spiro atoms. The van der Waals surface area contributed by atoms with Gasteiger partial charge in [0.2, 0.25) is 0 Å². The van der Waals surface area contributed by atoms with E-state index in [-0.39, 0.29) is 4.90 Å². The number of aryl methyl sites for hydroxylation is 1. The summed E-state index contributed by atoms with van der Waals surface area (Å²) in [6, 6.07) is 6.87. The third kappa shape index (κ3) is 4.61. The molecule has 96 valence electrons. The Morgan fingerprint density at radius 3 is 2.06 bits per heavy atom. The van der Waals surface area contributed by atoms with Crippen LogP contribution >= 0.6 is 0 Å². The third-order valence-electron chi connectivity index (χ3n) is 2.27. The number of benzene rings is 1. The molecule has 3 nitrogen and oxygen atoms in total. The van der Waals surface area contributed by atoms with Crippen LogP contribution in [0.3, 0.4) is 0 Å². The van der Waals surface area contributed by atoms with Gasteiger partial charge >= 0.3 is 0 Å². The zero-order valence-corrected chi connectivity index (χ0v) is 12.7. The standard InChI is InChI=1S/C12H20O3SSi/c1-5-11-6-8-12(9-7-11)16(13,14)15-10-17(2,3)4/h6-9H,5,10H2,1-4H3. The molecule has 0 unspecified atom stereocenters. The Balaban J connectivity index is 2.82. The van der Waals surface area contributed by atoms with Crippen LogP contribution in [0.5, 0.6) is 0 Å². The van der Waals surface area contributed by atoms with Gasteiger partial charge in [-0.25, -0.2) is 0 Å². The topological polar surface area (TPSA) is 43.4 Å². The Hall–Kier alpha value is -0.653. The van der Waals surface area contributed by atoms with Crippen molar-refractivity contribution in [2.24, 2.45) is 0 Å². The Kier molecular flexibility index (Phi) is 4.52. The lowest BCUT2D eigenvalue weighted by molar-refractivity contribution is 0.369. The molecule has 0 N–H and O–H groups in total. The van der Waals surface area contributed by atoms with Crippen LogP contribution in [0.15, 0.2) is 29.2 Å². The Morgan fingerprint density at radius 2 is 1.65 bits per heavy atom. The normalized spacial score (nSPS) is 12.7. The SMILES string of the molecule is CCc1ccc(S(=O)(=O)OC[Si](C)(C)C)cc1. The molecule has 0 amide bonds. The zero-order valence-electron chi connectivity index (χ0n) is 10.9. The summed E-state index contributed by atoms with van der Waals surface area (Å²) in [5.41, 5.74) is 1.12. The first-order valence-corrected chi connectivity index (χ1v) is 10.8. The first-order chi connectivity index (χ1) is 7.74. The fourth-order valence-corrected chi connectivity index (χ4v) is 3.85. The quantitative estimate of drug-likeness (QED) is 0.611. The molecule has 0 saturated heterocycles. The highest BCUT2D eigenvalue weighted by molar-refractivity contribution is 7.86. The van der Waals surface area contributed by atoms with E-state index in [0.717, 1.165) is 12.0 Å². The molecule has 0 radical (unpaired) electrons. The van der Waals surface area contributed by atoms with E-state index in [1.807, 2.05) is 19.1 Å². The van der Waals surface area contributed by atoms with Crippen LogP contribution in [0.1, 0.15) is 12.5 Å². The summed E-state index contributed by atoms with van der Waals surface area (Å²) in [6.07, 6.45) is 1.22. The molecule has 0 atom stereocenters. The van der Waals surface area contributed by atoms with Gasteiger partial charge in [-0.2, -0.15) is 8.42 Å². The van der Waals surface area contributed by atoms with Crippen LogP contribution in [-0.4, -0.2) is 22.7 Å². The van der Waals surface area contributed by atoms with E-state index in [4.69, 9.17) is 4.18 Å². The zero-order chi connectivity index (χ0) is 13.1. The average Bonchev–Trinajstić information content (AvgIpc) is 2.26.